The Hall–Kier alpha value is -1.19. The van der Waals surface area contributed by atoms with Crippen LogP contribution < -0.4 is 5.32 Å². The van der Waals surface area contributed by atoms with Gasteiger partial charge in [-0.2, -0.15) is 13.2 Å². The minimum Gasteiger partial charge on any atom is -0.384 e. The Kier molecular flexibility index (Phi) is 4.85. The maximum atomic E-state index is 12.7. The number of hydrogen-bond donors (Lipinski definition) is 1. The lowest BCUT2D eigenvalue weighted by Gasteiger charge is -2.18. The van der Waals surface area contributed by atoms with Crippen LogP contribution in [0.5, 0.6) is 0 Å². The lowest BCUT2D eigenvalue weighted by Crippen LogP contribution is -2.16. The first kappa shape index (κ1) is 13.9. The molecule has 1 aromatic rings. The summed E-state index contributed by atoms with van der Waals surface area (Å²) in [6.45, 7) is 4.68. The van der Waals surface area contributed by atoms with Gasteiger partial charge in [0.1, 0.15) is 0 Å². The summed E-state index contributed by atoms with van der Waals surface area (Å²) in [6.07, 6.45) is -2.35. The van der Waals surface area contributed by atoms with E-state index < -0.39 is 11.7 Å². The molecular weight excluding hydrogens is 227 g/mol. The molecule has 0 heterocycles. The third-order valence-electron chi connectivity index (χ3n) is 2.97. The van der Waals surface area contributed by atoms with Crippen molar-refractivity contribution in [3.05, 3.63) is 29.8 Å². The average molecular weight is 245 g/mol. The summed E-state index contributed by atoms with van der Waals surface area (Å²) in [6, 6.07) is 5.61. The molecule has 1 aromatic carbocycles. The molecule has 1 nitrogen and oxygen atoms in total. The fourth-order valence-electron chi connectivity index (χ4n) is 1.72. The normalized spacial score (nSPS) is 11.9. The van der Waals surface area contributed by atoms with Crippen LogP contribution in [0.2, 0.25) is 0 Å². The summed E-state index contributed by atoms with van der Waals surface area (Å²) >= 11 is 0. The molecule has 0 aromatic heterocycles. The molecule has 0 saturated carbocycles. The van der Waals surface area contributed by atoms with E-state index in [2.05, 4.69) is 5.32 Å². The highest BCUT2D eigenvalue weighted by atomic mass is 19.4. The zero-order chi connectivity index (χ0) is 12.9. The molecule has 0 saturated heterocycles. The predicted octanol–water partition coefficient (Wildman–Crippen LogP) is 4.55. The summed E-state index contributed by atoms with van der Waals surface area (Å²) in [5, 5.41) is 2.90. The second-order valence-electron chi connectivity index (χ2n) is 4.11. The van der Waals surface area contributed by atoms with Gasteiger partial charge in [-0.3, -0.25) is 0 Å². The second-order valence-corrected chi connectivity index (χ2v) is 4.11. The SMILES string of the molecule is CCC(CC)CNc1ccccc1C(F)(F)F. The Labute approximate surface area is 100 Å². The zero-order valence-electron chi connectivity index (χ0n) is 10.1. The second kappa shape index (κ2) is 5.94. The molecule has 0 aliphatic rings. The largest absolute Gasteiger partial charge is 0.418 e. The van der Waals surface area contributed by atoms with E-state index in [1.165, 1.54) is 12.1 Å². The van der Waals surface area contributed by atoms with Crippen molar-refractivity contribution >= 4 is 5.69 Å². The first-order valence-electron chi connectivity index (χ1n) is 5.89. The molecule has 1 N–H and O–H groups in total. The smallest absolute Gasteiger partial charge is 0.384 e. The van der Waals surface area contributed by atoms with Crippen LogP contribution in [-0.4, -0.2) is 6.54 Å². The van der Waals surface area contributed by atoms with Gasteiger partial charge >= 0.3 is 6.18 Å². The van der Waals surface area contributed by atoms with Gasteiger partial charge in [0.15, 0.2) is 0 Å². The summed E-state index contributed by atoms with van der Waals surface area (Å²) in [5.41, 5.74) is -0.419. The quantitative estimate of drug-likeness (QED) is 0.802. The molecule has 0 amide bonds. The maximum Gasteiger partial charge on any atom is 0.418 e. The number of para-hydroxylation sites is 1. The van der Waals surface area contributed by atoms with Crippen LogP contribution in [0.1, 0.15) is 32.3 Å². The van der Waals surface area contributed by atoms with Gasteiger partial charge in [0.05, 0.1) is 5.56 Å². The van der Waals surface area contributed by atoms with Crippen LogP contribution in [0.25, 0.3) is 0 Å². The molecule has 0 unspecified atom stereocenters. The Morgan fingerprint density at radius 1 is 1.12 bits per heavy atom. The van der Waals surface area contributed by atoms with Gasteiger partial charge in [0, 0.05) is 12.2 Å². The van der Waals surface area contributed by atoms with Crippen LogP contribution in [0.15, 0.2) is 24.3 Å². The molecule has 0 aliphatic heterocycles. The number of alkyl halides is 3. The van der Waals surface area contributed by atoms with Crippen molar-refractivity contribution in [1.29, 1.82) is 0 Å². The molecule has 1 rings (SSSR count). The molecule has 96 valence electrons. The van der Waals surface area contributed by atoms with E-state index in [4.69, 9.17) is 0 Å². The fraction of sp³-hybridized carbons (Fsp3) is 0.538. The minimum absolute atomic E-state index is 0.173. The monoisotopic (exact) mass is 245 g/mol. The van der Waals surface area contributed by atoms with Gasteiger partial charge in [0.2, 0.25) is 0 Å². The van der Waals surface area contributed by atoms with Crippen molar-refractivity contribution in [2.75, 3.05) is 11.9 Å². The molecular formula is C13H18F3N. The van der Waals surface area contributed by atoms with Crippen LogP contribution in [-0.2, 0) is 6.18 Å². The van der Waals surface area contributed by atoms with E-state index in [0.29, 0.717) is 12.5 Å². The van der Waals surface area contributed by atoms with Gasteiger partial charge in [0.25, 0.3) is 0 Å². The van der Waals surface area contributed by atoms with E-state index in [9.17, 15) is 13.2 Å². The number of hydrogen-bond acceptors (Lipinski definition) is 1. The van der Waals surface area contributed by atoms with Crippen molar-refractivity contribution in [3.8, 4) is 0 Å². The maximum absolute atomic E-state index is 12.7. The van der Waals surface area contributed by atoms with E-state index in [-0.39, 0.29) is 5.69 Å². The van der Waals surface area contributed by atoms with E-state index >= 15 is 0 Å². The summed E-state index contributed by atoms with van der Waals surface area (Å²) in [5.74, 6) is 0.413. The van der Waals surface area contributed by atoms with Crippen LogP contribution in [0.4, 0.5) is 18.9 Å². The Morgan fingerprint density at radius 2 is 1.71 bits per heavy atom. The predicted molar refractivity (Wildman–Crippen MR) is 64.0 cm³/mol. The Balaban J connectivity index is 2.77. The summed E-state index contributed by atoms with van der Waals surface area (Å²) in [7, 11) is 0. The minimum atomic E-state index is -4.29. The molecule has 0 bridgehead atoms. The highest BCUT2D eigenvalue weighted by Crippen LogP contribution is 2.34. The molecule has 17 heavy (non-hydrogen) atoms. The lowest BCUT2D eigenvalue weighted by molar-refractivity contribution is -0.136. The highest BCUT2D eigenvalue weighted by Gasteiger charge is 2.33. The van der Waals surface area contributed by atoms with Gasteiger partial charge < -0.3 is 5.32 Å². The lowest BCUT2D eigenvalue weighted by atomic mass is 10.0. The first-order chi connectivity index (χ1) is 7.99. The number of anilines is 1. The van der Waals surface area contributed by atoms with Crippen molar-refractivity contribution in [1.82, 2.24) is 0 Å². The van der Waals surface area contributed by atoms with Crippen molar-refractivity contribution in [2.45, 2.75) is 32.9 Å². The third kappa shape index (κ3) is 3.95. The molecule has 0 fully saturated rings. The summed E-state index contributed by atoms with van der Waals surface area (Å²) < 4.78 is 38.1. The summed E-state index contributed by atoms with van der Waals surface area (Å²) in [4.78, 5) is 0. The van der Waals surface area contributed by atoms with Crippen LogP contribution in [0, 0.1) is 5.92 Å². The molecule has 0 spiro atoms. The van der Waals surface area contributed by atoms with Gasteiger partial charge in [-0.15, -0.1) is 0 Å². The van der Waals surface area contributed by atoms with Crippen molar-refractivity contribution < 1.29 is 13.2 Å². The van der Waals surface area contributed by atoms with Crippen LogP contribution >= 0.6 is 0 Å². The Morgan fingerprint density at radius 3 is 2.24 bits per heavy atom. The third-order valence-corrected chi connectivity index (χ3v) is 2.97. The molecule has 0 aliphatic carbocycles. The first-order valence-corrected chi connectivity index (χ1v) is 5.89. The van der Waals surface area contributed by atoms with Gasteiger partial charge in [-0.05, 0) is 18.1 Å². The zero-order valence-corrected chi connectivity index (χ0v) is 10.1. The van der Waals surface area contributed by atoms with Crippen molar-refractivity contribution in [3.63, 3.8) is 0 Å². The van der Waals surface area contributed by atoms with Gasteiger partial charge in [-0.25, -0.2) is 0 Å². The molecule has 4 heteroatoms. The van der Waals surface area contributed by atoms with E-state index in [1.807, 2.05) is 13.8 Å². The van der Waals surface area contributed by atoms with E-state index in [1.54, 1.807) is 6.07 Å². The van der Waals surface area contributed by atoms with Crippen molar-refractivity contribution in [2.24, 2.45) is 5.92 Å². The Bertz CT molecular complexity index is 343. The van der Waals surface area contributed by atoms with Gasteiger partial charge in [-0.1, -0.05) is 38.8 Å². The topological polar surface area (TPSA) is 12.0 Å². The molecule has 0 atom stereocenters. The average Bonchev–Trinajstić information content (AvgIpc) is 2.29. The van der Waals surface area contributed by atoms with Crippen LogP contribution in [0.3, 0.4) is 0 Å². The number of halogens is 3. The number of nitrogens with one attached hydrogen (secondary N) is 1. The standard InChI is InChI=1S/C13H18F3N/c1-3-10(4-2)9-17-12-8-6-5-7-11(12)13(14,15)16/h5-8,10,17H,3-4,9H2,1-2H3. The van der Waals surface area contributed by atoms with E-state index in [0.717, 1.165) is 18.9 Å². The highest BCUT2D eigenvalue weighted by molar-refractivity contribution is 5.52. The molecule has 0 radical (unpaired) electrons. The number of rotatable bonds is 5. The number of benzene rings is 1. The fourth-order valence-corrected chi connectivity index (χ4v) is 1.72.